The van der Waals surface area contributed by atoms with Gasteiger partial charge in [0, 0.05) is 19.8 Å². The van der Waals surface area contributed by atoms with Crippen molar-refractivity contribution in [3.05, 3.63) is 17.2 Å². The molecular formula is C10H15N3O2. The van der Waals surface area contributed by atoms with Crippen molar-refractivity contribution < 1.29 is 9.59 Å². The summed E-state index contributed by atoms with van der Waals surface area (Å²) < 4.78 is 1.74. The van der Waals surface area contributed by atoms with E-state index >= 15 is 0 Å². The highest BCUT2D eigenvalue weighted by molar-refractivity contribution is 5.77. The Morgan fingerprint density at radius 1 is 1.47 bits per heavy atom. The molecule has 0 aliphatic carbocycles. The zero-order valence-corrected chi connectivity index (χ0v) is 9.44. The first-order chi connectivity index (χ1) is 6.97. The number of nitrogens with zero attached hydrogens (tertiary/aromatic N) is 3. The Labute approximate surface area is 88.7 Å². The number of carbonyl (C=O) groups excluding carboxylic acids is 2. The third-order valence-electron chi connectivity index (χ3n) is 2.35. The molecule has 0 aliphatic heterocycles. The standard InChI is InChI=1S/C10H15N3O2/c1-7-9(6-14)11-8(2)13(7)5-10(15)12(3)4/h6H,5H2,1-4H3. The van der Waals surface area contributed by atoms with Gasteiger partial charge in [-0.3, -0.25) is 9.59 Å². The van der Waals surface area contributed by atoms with Gasteiger partial charge in [0.15, 0.2) is 6.29 Å². The molecule has 1 aromatic heterocycles. The number of amides is 1. The van der Waals surface area contributed by atoms with Crippen molar-refractivity contribution >= 4 is 12.2 Å². The van der Waals surface area contributed by atoms with Crippen LogP contribution in [0, 0.1) is 13.8 Å². The zero-order chi connectivity index (χ0) is 11.6. The molecule has 0 aromatic carbocycles. The number of aldehydes is 1. The van der Waals surface area contributed by atoms with Crippen LogP contribution in [0.4, 0.5) is 0 Å². The molecular weight excluding hydrogens is 194 g/mol. The summed E-state index contributed by atoms with van der Waals surface area (Å²) >= 11 is 0. The summed E-state index contributed by atoms with van der Waals surface area (Å²) in [4.78, 5) is 27.7. The van der Waals surface area contributed by atoms with E-state index in [2.05, 4.69) is 4.98 Å². The second-order valence-corrected chi connectivity index (χ2v) is 3.62. The highest BCUT2D eigenvalue weighted by Crippen LogP contribution is 2.08. The maximum Gasteiger partial charge on any atom is 0.242 e. The lowest BCUT2D eigenvalue weighted by atomic mass is 10.3. The Morgan fingerprint density at radius 2 is 2.07 bits per heavy atom. The van der Waals surface area contributed by atoms with Crippen LogP contribution < -0.4 is 0 Å². The van der Waals surface area contributed by atoms with Crippen molar-refractivity contribution in [2.24, 2.45) is 0 Å². The Kier molecular flexibility index (Phi) is 3.24. The molecule has 82 valence electrons. The number of imidazole rings is 1. The fraction of sp³-hybridized carbons (Fsp3) is 0.500. The monoisotopic (exact) mass is 209 g/mol. The van der Waals surface area contributed by atoms with Crippen LogP contribution in [-0.2, 0) is 11.3 Å². The van der Waals surface area contributed by atoms with Gasteiger partial charge >= 0.3 is 0 Å². The van der Waals surface area contributed by atoms with E-state index < -0.39 is 0 Å². The first kappa shape index (κ1) is 11.4. The normalized spacial score (nSPS) is 10.1. The van der Waals surface area contributed by atoms with E-state index in [1.807, 2.05) is 0 Å². The molecule has 0 fully saturated rings. The number of aryl methyl sites for hydroxylation is 1. The SMILES string of the molecule is Cc1nc(C=O)c(C)n1CC(=O)N(C)C. The van der Waals surface area contributed by atoms with Gasteiger partial charge in [-0.15, -0.1) is 0 Å². The van der Waals surface area contributed by atoms with Crippen molar-refractivity contribution in [3.63, 3.8) is 0 Å². The largest absolute Gasteiger partial charge is 0.347 e. The van der Waals surface area contributed by atoms with E-state index in [1.165, 1.54) is 4.90 Å². The topological polar surface area (TPSA) is 55.2 Å². The van der Waals surface area contributed by atoms with Gasteiger partial charge in [-0.1, -0.05) is 0 Å². The van der Waals surface area contributed by atoms with Crippen LogP contribution in [0.25, 0.3) is 0 Å². The fourth-order valence-electron chi connectivity index (χ4n) is 1.32. The fourth-order valence-corrected chi connectivity index (χ4v) is 1.32. The molecule has 1 aromatic rings. The summed E-state index contributed by atoms with van der Waals surface area (Å²) in [5.74, 6) is 0.667. The van der Waals surface area contributed by atoms with Gasteiger partial charge in [0.05, 0.1) is 0 Å². The van der Waals surface area contributed by atoms with Crippen LogP contribution in [0.5, 0.6) is 0 Å². The van der Waals surface area contributed by atoms with Crippen LogP contribution in [0.15, 0.2) is 0 Å². The highest BCUT2D eigenvalue weighted by Gasteiger charge is 2.13. The summed E-state index contributed by atoms with van der Waals surface area (Å²) in [6, 6.07) is 0. The number of likely N-dealkylation sites (N-methyl/N-ethyl adjacent to an activating group) is 1. The molecule has 0 radical (unpaired) electrons. The molecule has 5 nitrogen and oxygen atoms in total. The third kappa shape index (κ3) is 2.23. The summed E-state index contributed by atoms with van der Waals surface area (Å²) in [5, 5.41) is 0. The Bertz CT molecular complexity index is 394. The molecule has 0 saturated carbocycles. The van der Waals surface area contributed by atoms with Gasteiger partial charge in [0.25, 0.3) is 0 Å². The summed E-state index contributed by atoms with van der Waals surface area (Å²) in [5.41, 5.74) is 1.14. The first-order valence-electron chi connectivity index (χ1n) is 4.66. The number of rotatable bonds is 3. The second-order valence-electron chi connectivity index (χ2n) is 3.62. The maximum absolute atomic E-state index is 11.5. The van der Waals surface area contributed by atoms with Crippen molar-refractivity contribution in [3.8, 4) is 0 Å². The van der Waals surface area contributed by atoms with E-state index in [1.54, 1.807) is 32.5 Å². The quantitative estimate of drug-likeness (QED) is 0.677. The molecule has 1 amide bonds. The molecule has 0 bridgehead atoms. The Hall–Kier alpha value is -1.65. The predicted octanol–water partition coefficient (Wildman–Crippen LogP) is 0.401. The molecule has 0 unspecified atom stereocenters. The predicted molar refractivity (Wildman–Crippen MR) is 55.8 cm³/mol. The van der Waals surface area contributed by atoms with E-state index in [4.69, 9.17) is 0 Å². The number of carbonyl (C=O) groups is 2. The minimum atomic E-state index is -0.0175. The van der Waals surface area contributed by atoms with E-state index in [0.29, 0.717) is 17.8 Å². The minimum absolute atomic E-state index is 0.0175. The minimum Gasteiger partial charge on any atom is -0.347 e. The molecule has 1 rings (SSSR count). The van der Waals surface area contributed by atoms with Crippen LogP contribution in [-0.4, -0.2) is 40.7 Å². The molecule has 0 N–H and O–H groups in total. The average Bonchev–Trinajstić information content (AvgIpc) is 2.44. The van der Waals surface area contributed by atoms with E-state index in [-0.39, 0.29) is 12.5 Å². The summed E-state index contributed by atoms with van der Waals surface area (Å²) in [6.45, 7) is 3.79. The zero-order valence-electron chi connectivity index (χ0n) is 9.44. The number of hydrogen-bond acceptors (Lipinski definition) is 3. The van der Waals surface area contributed by atoms with E-state index in [0.717, 1.165) is 5.69 Å². The van der Waals surface area contributed by atoms with Crippen molar-refractivity contribution in [1.29, 1.82) is 0 Å². The second kappa shape index (κ2) is 4.25. The first-order valence-corrected chi connectivity index (χ1v) is 4.66. The smallest absolute Gasteiger partial charge is 0.242 e. The third-order valence-corrected chi connectivity index (χ3v) is 2.35. The lowest BCUT2D eigenvalue weighted by Gasteiger charge is -2.12. The lowest BCUT2D eigenvalue weighted by Crippen LogP contribution is -2.27. The highest BCUT2D eigenvalue weighted by atomic mass is 16.2. The van der Waals surface area contributed by atoms with Gasteiger partial charge in [-0.05, 0) is 13.8 Å². The Morgan fingerprint density at radius 3 is 2.47 bits per heavy atom. The van der Waals surface area contributed by atoms with Crippen molar-refractivity contribution in [2.75, 3.05) is 14.1 Å². The van der Waals surface area contributed by atoms with Crippen LogP contribution >= 0.6 is 0 Å². The molecule has 1 heterocycles. The van der Waals surface area contributed by atoms with Gasteiger partial charge in [0.2, 0.25) is 5.91 Å². The van der Waals surface area contributed by atoms with Gasteiger partial charge in [-0.2, -0.15) is 0 Å². The van der Waals surface area contributed by atoms with Gasteiger partial charge in [-0.25, -0.2) is 4.98 Å². The van der Waals surface area contributed by atoms with E-state index in [9.17, 15) is 9.59 Å². The maximum atomic E-state index is 11.5. The van der Waals surface area contributed by atoms with Gasteiger partial charge < -0.3 is 9.47 Å². The van der Waals surface area contributed by atoms with Crippen molar-refractivity contribution in [1.82, 2.24) is 14.5 Å². The summed E-state index contributed by atoms with van der Waals surface area (Å²) in [7, 11) is 3.40. The van der Waals surface area contributed by atoms with Crippen LogP contribution in [0.1, 0.15) is 22.0 Å². The number of hydrogen-bond donors (Lipinski definition) is 0. The molecule has 0 saturated heterocycles. The molecule has 15 heavy (non-hydrogen) atoms. The number of aromatic nitrogens is 2. The molecule has 0 spiro atoms. The van der Waals surface area contributed by atoms with Gasteiger partial charge in [0.1, 0.15) is 18.1 Å². The molecule has 0 aliphatic rings. The molecule has 5 heteroatoms. The van der Waals surface area contributed by atoms with Crippen LogP contribution in [0.3, 0.4) is 0 Å². The lowest BCUT2D eigenvalue weighted by molar-refractivity contribution is -0.129. The average molecular weight is 209 g/mol. The summed E-state index contributed by atoms with van der Waals surface area (Å²) in [6.07, 6.45) is 0.707. The Balaban J connectivity index is 2.99. The molecule has 0 atom stereocenters. The van der Waals surface area contributed by atoms with Crippen molar-refractivity contribution in [2.45, 2.75) is 20.4 Å². The van der Waals surface area contributed by atoms with Crippen LogP contribution in [0.2, 0.25) is 0 Å².